The van der Waals surface area contributed by atoms with Crippen LogP contribution < -0.4 is 5.32 Å². The van der Waals surface area contributed by atoms with E-state index in [4.69, 9.17) is 9.26 Å². The summed E-state index contributed by atoms with van der Waals surface area (Å²) in [6, 6.07) is 25.1. The van der Waals surface area contributed by atoms with Crippen LogP contribution in [0.1, 0.15) is 35.1 Å². The summed E-state index contributed by atoms with van der Waals surface area (Å²) in [6.07, 6.45) is -0.936. The average molecular weight is 471 g/mol. The molecular formula is C28H26N2O5. The molecule has 7 heteroatoms. The van der Waals surface area contributed by atoms with Crippen LogP contribution in [0, 0.1) is 0 Å². The molecule has 0 saturated carbocycles. The molecule has 178 valence electrons. The van der Waals surface area contributed by atoms with Gasteiger partial charge < -0.3 is 24.8 Å². The van der Waals surface area contributed by atoms with Gasteiger partial charge >= 0.3 is 6.09 Å². The van der Waals surface area contributed by atoms with Crippen LogP contribution in [0.4, 0.5) is 4.79 Å². The summed E-state index contributed by atoms with van der Waals surface area (Å²) in [5.41, 5.74) is 6.03. The number of carbonyl (C=O) groups excluding carboxylic acids is 1. The van der Waals surface area contributed by atoms with E-state index >= 15 is 0 Å². The third-order valence-electron chi connectivity index (χ3n) is 6.39. The van der Waals surface area contributed by atoms with Crippen LogP contribution in [0.15, 0.2) is 89.6 Å². The first-order valence-corrected chi connectivity index (χ1v) is 11.6. The van der Waals surface area contributed by atoms with Gasteiger partial charge in [0.1, 0.15) is 12.7 Å². The fraction of sp³-hybridized carbons (Fsp3) is 0.214. The van der Waals surface area contributed by atoms with E-state index in [9.17, 15) is 15.0 Å². The van der Waals surface area contributed by atoms with Crippen LogP contribution in [0.3, 0.4) is 0 Å². The van der Waals surface area contributed by atoms with Gasteiger partial charge in [-0.25, -0.2) is 4.79 Å². The minimum Gasteiger partial charge on any atom is -0.449 e. The van der Waals surface area contributed by atoms with Crippen molar-refractivity contribution in [1.82, 2.24) is 10.5 Å². The molecule has 1 aliphatic carbocycles. The number of hydrogen-bond donors (Lipinski definition) is 3. The Morgan fingerprint density at radius 3 is 2.23 bits per heavy atom. The highest BCUT2D eigenvalue weighted by molar-refractivity contribution is 5.79. The normalized spacial score (nSPS) is 14.1. The van der Waals surface area contributed by atoms with E-state index in [0.29, 0.717) is 11.3 Å². The van der Waals surface area contributed by atoms with Crippen molar-refractivity contribution < 1.29 is 24.3 Å². The molecule has 2 atom stereocenters. The second kappa shape index (κ2) is 10.1. The van der Waals surface area contributed by atoms with Gasteiger partial charge in [-0.1, -0.05) is 78.0 Å². The van der Waals surface area contributed by atoms with E-state index < -0.39 is 18.3 Å². The Labute approximate surface area is 203 Å². The molecule has 3 N–H and O–H groups in total. The molecule has 0 spiro atoms. The smallest absolute Gasteiger partial charge is 0.407 e. The van der Waals surface area contributed by atoms with Gasteiger partial charge in [0.15, 0.2) is 5.76 Å². The molecule has 1 aromatic heterocycles. The quantitative estimate of drug-likeness (QED) is 0.346. The molecule has 0 aliphatic heterocycles. The molecule has 0 fully saturated rings. The fourth-order valence-corrected chi connectivity index (χ4v) is 4.56. The largest absolute Gasteiger partial charge is 0.449 e. The Morgan fingerprint density at radius 1 is 0.943 bits per heavy atom. The molecule has 0 bridgehead atoms. The number of nitrogens with zero attached hydrogens (tertiary/aromatic N) is 1. The van der Waals surface area contributed by atoms with E-state index in [-0.39, 0.29) is 25.5 Å². The minimum atomic E-state index is -1.08. The maximum atomic E-state index is 12.3. The number of benzene rings is 3. The van der Waals surface area contributed by atoms with Crippen LogP contribution in [-0.4, -0.2) is 40.7 Å². The standard InChI is InChI=1S/C28H26N2O5/c31-25(27(32)19-11-9-18(10-12-19)26-14-16-30-35-26)13-15-29-28(33)34-17-24-22-7-3-1-5-20(22)21-6-2-4-8-23(21)24/h1-12,14,16,24-25,27,31-32H,13,15,17H2,(H,29,33). The first kappa shape index (κ1) is 22.8. The van der Waals surface area contributed by atoms with Crippen molar-refractivity contribution in [3.05, 3.63) is 102 Å². The molecule has 1 heterocycles. The lowest BCUT2D eigenvalue weighted by molar-refractivity contribution is 0.0137. The zero-order valence-corrected chi connectivity index (χ0v) is 19.0. The number of aliphatic hydroxyl groups excluding tert-OH is 2. The van der Waals surface area contributed by atoms with E-state index in [0.717, 1.165) is 16.7 Å². The molecule has 5 rings (SSSR count). The summed E-state index contributed by atoms with van der Waals surface area (Å²) in [6.45, 7) is 0.396. The predicted octanol–water partition coefficient (Wildman–Crippen LogP) is 4.66. The van der Waals surface area contributed by atoms with Crippen molar-refractivity contribution in [3.63, 3.8) is 0 Å². The monoisotopic (exact) mass is 470 g/mol. The highest BCUT2D eigenvalue weighted by Gasteiger charge is 2.29. The van der Waals surface area contributed by atoms with E-state index in [2.05, 4.69) is 34.7 Å². The lowest BCUT2D eigenvalue weighted by Gasteiger charge is -2.19. The highest BCUT2D eigenvalue weighted by atomic mass is 16.5. The molecule has 1 aliphatic rings. The molecule has 7 nitrogen and oxygen atoms in total. The van der Waals surface area contributed by atoms with Crippen molar-refractivity contribution in [2.24, 2.45) is 0 Å². The van der Waals surface area contributed by atoms with Crippen LogP contribution in [0.2, 0.25) is 0 Å². The predicted molar refractivity (Wildman–Crippen MR) is 131 cm³/mol. The van der Waals surface area contributed by atoms with Gasteiger partial charge in [0.05, 0.1) is 12.3 Å². The molecule has 35 heavy (non-hydrogen) atoms. The summed E-state index contributed by atoms with van der Waals surface area (Å²) in [5, 5.41) is 27.2. The highest BCUT2D eigenvalue weighted by Crippen LogP contribution is 2.44. The zero-order chi connectivity index (χ0) is 24.2. The Morgan fingerprint density at radius 2 is 1.60 bits per heavy atom. The third-order valence-corrected chi connectivity index (χ3v) is 6.39. The van der Waals surface area contributed by atoms with Gasteiger partial charge in [0, 0.05) is 24.1 Å². The SMILES string of the molecule is O=C(NCCC(O)C(O)c1ccc(-c2ccno2)cc1)OCC1c2ccccc2-c2ccccc21. The number of rotatable bonds is 8. The van der Waals surface area contributed by atoms with Crippen LogP contribution in [-0.2, 0) is 4.74 Å². The first-order valence-electron chi connectivity index (χ1n) is 11.6. The number of ether oxygens (including phenoxy) is 1. The molecule has 1 amide bonds. The third kappa shape index (κ3) is 4.82. The van der Waals surface area contributed by atoms with Crippen molar-refractivity contribution in [2.45, 2.75) is 24.5 Å². The van der Waals surface area contributed by atoms with Crippen molar-refractivity contribution in [1.29, 1.82) is 0 Å². The van der Waals surface area contributed by atoms with Crippen LogP contribution in [0.25, 0.3) is 22.5 Å². The number of fused-ring (bicyclic) bond motifs is 3. The number of carbonyl (C=O) groups is 1. The van der Waals surface area contributed by atoms with Gasteiger partial charge in [-0.15, -0.1) is 0 Å². The van der Waals surface area contributed by atoms with Crippen molar-refractivity contribution in [2.75, 3.05) is 13.2 Å². The number of alkyl carbamates (subject to hydrolysis) is 1. The number of hydrogen-bond acceptors (Lipinski definition) is 6. The van der Waals surface area contributed by atoms with E-state index in [1.165, 1.54) is 11.1 Å². The summed E-state index contributed by atoms with van der Waals surface area (Å²) in [5.74, 6) is 0.611. The maximum Gasteiger partial charge on any atom is 0.407 e. The van der Waals surface area contributed by atoms with Crippen LogP contribution >= 0.6 is 0 Å². The van der Waals surface area contributed by atoms with E-state index in [1.54, 1.807) is 36.5 Å². The minimum absolute atomic E-state index is 0.0134. The maximum absolute atomic E-state index is 12.3. The molecule has 4 aromatic rings. The fourth-order valence-electron chi connectivity index (χ4n) is 4.56. The van der Waals surface area contributed by atoms with Gasteiger partial charge in [0.25, 0.3) is 0 Å². The summed E-state index contributed by atoms with van der Waals surface area (Å²) in [7, 11) is 0. The second-order valence-electron chi connectivity index (χ2n) is 8.55. The summed E-state index contributed by atoms with van der Waals surface area (Å²) < 4.78 is 10.6. The van der Waals surface area contributed by atoms with Gasteiger partial charge in [0.2, 0.25) is 0 Å². The van der Waals surface area contributed by atoms with Crippen LogP contribution in [0.5, 0.6) is 0 Å². The topological polar surface area (TPSA) is 105 Å². The number of nitrogens with one attached hydrogen (secondary N) is 1. The number of aromatic nitrogens is 1. The van der Waals surface area contributed by atoms with Gasteiger partial charge in [-0.2, -0.15) is 0 Å². The number of aliphatic hydroxyl groups is 2. The average Bonchev–Trinajstić information content (AvgIpc) is 3.54. The molecular weight excluding hydrogens is 444 g/mol. The summed E-state index contributed by atoms with van der Waals surface area (Å²) >= 11 is 0. The summed E-state index contributed by atoms with van der Waals surface area (Å²) in [4.78, 5) is 12.3. The molecule has 0 radical (unpaired) electrons. The Bertz CT molecular complexity index is 1240. The first-order chi connectivity index (χ1) is 17.1. The van der Waals surface area contributed by atoms with Gasteiger partial charge in [-0.05, 0) is 34.2 Å². The zero-order valence-electron chi connectivity index (χ0n) is 19.0. The molecule has 0 saturated heterocycles. The molecule has 2 unspecified atom stereocenters. The van der Waals surface area contributed by atoms with Gasteiger partial charge in [-0.3, -0.25) is 0 Å². The second-order valence-corrected chi connectivity index (χ2v) is 8.55. The molecule has 3 aromatic carbocycles. The lowest BCUT2D eigenvalue weighted by Crippen LogP contribution is -2.30. The van der Waals surface area contributed by atoms with E-state index in [1.807, 2.05) is 24.3 Å². The lowest BCUT2D eigenvalue weighted by atomic mass is 9.98. The van der Waals surface area contributed by atoms with Crippen molar-refractivity contribution in [3.8, 4) is 22.5 Å². The number of amides is 1. The Balaban J connectivity index is 1.10. The Hall–Kier alpha value is -3.94. The Kier molecular flexibility index (Phi) is 6.61. The van der Waals surface area contributed by atoms with Crippen molar-refractivity contribution >= 4 is 6.09 Å².